The first-order valence-corrected chi connectivity index (χ1v) is 6.15. The van der Waals surface area contributed by atoms with Crippen LogP contribution in [0.1, 0.15) is 37.6 Å². The Morgan fingerprint density at radius 2 is 2.17 bits per heavy atom. The van der Waals surface area contributed by atoms with Crippen molar-refractivity contribution in [1.82, 2.24) is 9.88 Å². The Bertz CT molecular complexity index is 406. The van der Waals surface area contributed by atoms with Crippen molar-refractivity contribution in [2.75, 3.05) is 12.5 Å². The number of amides is 1. The van der Waals surface area contributed by atoms with Crippen molar-refractivity contribution in [1.29, 1.82) is 0 Å². The highest BCUT2D eigenvalue weighted by atomic mass is 16.2. The van der Waals surface area contributed by atoms with Crippen LogP contribution in [0.15, 0.2) is 18.5 Å². The second-order valence-electron chi connectivity index (χ2n) is 4.96. The number of pyridine rings is 1. The third-order valence-electron chi connectivity index (χ3n) is 3.00. The van der Waals surface area contributed by atoms with Gasteiger partial charge < -0.3 is 10.3 Å². The minimum Gasteiger partial charge on any atom is -0.339 e. The molecular weight excluding hydrogens is 228 g/mol. The number of hydrazine groups is 1. The Morgan fingerprint density at radius 1 is 1.50 bits per heavy atom. The van der Waals surface area contributed by atoms with E-state index in [0.29, 0.717) is 17.2 Å². The predicted molar refractivity (Wildman–Crippen MR) is 73.1 cm³/mol. The molecule has 0 aliphatic heterocycles. The normalized spacial score (nSPS) is 12.3. The first-order valence-electron chi connectivity index (χ1n) is 6.15. The molecule has 1 rings (SSSR count). The molecule has 1 aromatic rings. The smallest absolute Gasteiger partial charge is 0.257 e. The van der Waals surface area contributed by atoms with Crippen molar-refractivity contribution in [3.63, 3.8) is 0 Å². The third-order valence-corrected chi connectivity index (χ3v) is 3.00. The number of hydrogen-bond acceptors (Lipinski definition) is 4. The Morgan fingerprint density at radius 3 is 2.72 bits per heavy atom. The lowest BCUT2D eigenvalue weighted by atomic mass is 10.0. The van der Waals surface area contributed by atoms with Gasteiger partial charge in [0.1, 0.15) is 0 Å². The maximum Gasteiger partial charge on any atom is 0.257 e. The average Bonchev–Trinajstić information content (AvgIpc) is 2.36. The van der Waals surface area contributed by atoms with Gasteiger partial charge in [-0.15, -0.1) is 0 Å². The van der Waals surface area contributed by atoms with Crippen LogP contribution in [0.4, 0.5) is 5.69 Å². The van der Waals surface area contributed by atoms with Crippen LogP contribution < -0.4 is 11.3 Å². The predicted octanol–water partition coefficient (Wildman–Crippen LogP) is 1.87. The Hall–Kier alpha value is -1.62. The van der Waals surface area contributed by atoms with E-state index >= 15 is 0 Å². The highest BCUT2D eigenvalue weighted by molar-refractivity contribution is 5.99. The summed E-state index contributed by atoms with van der Waals surface area (Å²) < 4.78 is 0. The number of aromatic nitrogens is 1. The summed E-state index contributed by atoms with van der Waals surface area (Å²) in [5.41, 5.74) is 3.62. The summed E-state index contributed by atoms with van der Waals surface area (Å²) in [6.45, 7) is 6.33. The maximum absolute atomic E-state index is 12.3. The molecule has 5 heteroatoms. The molecule has 1 heterocycles. The summed E-state index contributed by atoms with van der Waals surface area (Å²) in [7, 11) is 1.81. The SMILES string of the molecule is CC(C)CC(C)N(C)C(=O)c1cnccc1NN. The van der Waals surface area contributed by atoms with Crippen molar-refractivity contribution in [3.05, 3.63) is 24.0 Å². The molecule has 0 aliphatic rings. The maximum atomic E-state index is 12.3. The average molecular weight is 250 g/mol. The largest absolute Gasteiger partial charge is 0.339 e. The summed E-state index contributed by atoms with van der Waals surface area (Å²) in [5, 5.41) is 0. The minimum atomic E-state index is -0.0656. The third kappa shape index (κ3) is 3.43. The quantitative estimate of drug-likeness (QED) is 0.618. The van der Waals surface area contributed by atoms with Gasteiger partial charge in [0.25, 0.3) is 5.91 Å². The van der Waals surface area contributed by atoms with Crippen LogP contribution in [-0.2, 0) is 0 Å². The fraction of sp³-hybridized carbons (Fsp3) is 0.538. The molecule has 5 nitrogen and oxygen atoms in total. The van der Waals surface area contributed by atoms with Crippen LogP contribution in [0.25, 0.3) is 0 Å². The second-order valence-corrected chi connectivity index (χ2v) is 4.96. The molecule has 0 saturated carbocycles. The Labute approximate surface area is 108 Å². The van der Waals surface area contributed by atoms with E-state index in [1.54, 1.807) is 17.2 Å². The molecule has 1 atom stereocenters. The van der Waals surface area contributed by atoms with Gasteiger partial charge in [0.05, 0.1) is 11.3 Å². The first kappa shape index (κ1) is 14.4. The van der Waals surface area contributed by atoms with E-state index in [9.17, 15) is 4.79 Å². The lowest BCUT2D eigenvalue weighted by Gasteiger charge is -2.27. The van der Waals surface area contributed by atoms with Crippen molar-refractivity contribution in [2.45, 2.75) is 33.2 Å². The summed E-state index contributed by atoms with van der Waals surface area (Å²) in [6.07, 6.45) is 4.10. The molecule has 1 aromatic heterocycles. The van der Waals surface area contributed by atoms with Gasteiger partial charge in [0.2, 0.25) is 0 Å². The fourth-order valence-electron chi connectivity index (χ4n) is 1.92. The first-order chi connectivity index (χ1) is 8.47. The van der Waals surface area contributed by atoms with Gasteiger partial charge in [-0.05, 0) is 25.3 Å². The fourth-order valence-corrected chi connectivity index (χ4v) is 1.92. The van der Waals surface area contributed by atoms with Crippen LogP contribution >= 0.6 is 0 Å². The van der Waals surface area contributed by atoms with E-state index < -0.39 is 0 Å². The monoisotopic (exact) mass is 250 g/mol. The lowest BCUT2D eigenvalue weighted by Crippen LogP contribution is -2.36. The Kier molecular flexibility index (Phi) is 5.09. The molecule has 18 heavy (non-hydrogen) atoms. The molecule has 0 fully saturated rings. The van der Waals surface area contributed by atoms with Crippen LogP contribution in [0.3, 0.4) is 0 Å². The lowest BCUT2D eigenvalue weighted by molar-refractivity contribution is 0.0728. The molecule has 0 bridgehead atoms. The zero-order chi connectivity index (χ0) is 13.7. The number of nitrogens with zero attached hydrogens (tertiary/aromatic N) is 2. The number of rotatable bonds is 5. The standard InChI is InChI=1S/C13H22N4O/c1-9(2)7-10(3)17(4)13(18)11-8-15-6-5-12(11)16-14/h5-6,8-10H,7,14H2,1-4H3,(H,15,16). The van der Waals surface area contributed by atoms with E-state index in [0.717, 1.165) is 6.42 Å². The molecule has 0 aromatic carbocycles. The summed E-state index contributed by atoms with van der Waals surface area (Å²) in [6, 6.07) is 1.87. The number of nitrogens with two attached hydrogens (primary N) is 1. The highest BCUT2D eigenvalue weighted by Gasteiger charge is 2.20. The van der Waals surface area contributed by atoms with E-state index in [-0.39, 0.29) is 11.9 Å². The zero-order valence-corrected chi connectivity index (χ0v) is 11.5. The molecule has 0 aliphatic carbocycles. The topological polar surface area (TPSA) is 71.2 Å². The second kappa shape index (κ2) is 6.35. The molecular formula is C13H22N4O. The summed E-state index contributed by atoms with van der Waals surface area (Å²) in [5.74, 6) is 5.88. The van der Waals surface area contributed by atoms with Crippen molar-refractivity contribution < 1.29 is 4.79 Å². The molecule has 0 radical (unpaired) electrons. The van der Waals surface area contributed by atoms with E-state index in [1.807, 2.05) is 14.0 Å². The number of carbonyl (C=O) groups excluding carboxylic acids is 1. The number of hydrogen-bond donors (Lipinski definition) is 2. The van der Waals surface area contributed by atoms with Gasteiger partial charge in [-0.3, -0.25) is 15.6 Å². The molecule has 0 spiro atoms. The van der Waals surface area contributed by atoms with Crippen LogP contribution in [0.2, 0.25) is 0 Å². The van der Waals surface area contributed by atoms with Gasteiger partial charge in [0.15, 0.2) is 0 Å². The number of nitrogens with one attached hydrogen (secondary N) is 1. The van der Waals surface area contributed by atoms with Crippen LogP contribution in [0, 0.1) is 5.92 Å². The zero-order valence-electron chi connectivity index (χ0n) is 11.5. The van der Waals surface area contributed by atoms with Crippen molar-refractivity contribution >= 4 is 11.6 Å². The van der Waals surface area contributed by atoms with E-state index in [2.05, 4.69) is 24.3 Å². The molecule has 1 amide bonds. The molecule has 100 valence electrons. The van der Waals surface area contributed by atoms with Crippen LogP contribution in [0.5, 0.6) is 0 Å². The number of carbonyl (C=O) groups is 1. The van der Waals surface area contributed by atoms with Crippen molar-refractivity contribution in [2.24, 2.45) is 11.8 Å². The number of nitrogen functional groups attached to an aromatic ring is 1. The van der Waals surface area contributed by atoms with E-state index in [4.69, 9.17) is 5.84 Å². The molecule has 1 unspecified atom stereocenters. The number of anilines is 1. The molecule has 0 saturated heterocycles. The van der Waals surface area contributed by atoms with Gasteiger partial charge in [-0.25, -0.2) is 0 Å². The summed E-state index contributed by atoms with van der Waals surface area (Å²) >= 11 is 0. The Balaban J connectivity index is 2.86. The van der Waals surface area contributed by atoms with Gasteiger partial charge in [0, 0.05) is 25.5 Å². The van der Waals surface area contributed by atoms with Gasteiger partial charge in [-0.1, -0.05) is 13.8 Å². The van der Waals surface area contributed by atoms with Crippen molar-refractivity contribution in [3.8, 4) is 0 Å². The summed E-state index contributed by atoms with van der Waals surface area (Å²) in [4.78, 5) is 18.0. The van der Waals surface area contributed by atoms with E-state index in [1.165, 1.54) is 6.20 Å². The minimum absolute atomic E-state index is 0.0656. The van der Waals surface area contributed by atoms with Gasteiger partial charge >= 0.3 is 0 Å². The highest BCUT2D eigenvalue weighted by Crippen LogP contribution is 2.17. The van der Waals surface area contributed by atoms with Crippen LogP contribution in [-0.4, -0.2) is 28.9 Å². The molecule has 3 N–H and O–H groups in total. The van der Waals surface area contributed by atoms with Gasteiger partial charge in [-0.2, -0.15) is 0 Å².